The van der Waals surface area contributed by atoms with Crippen molar-refractivity contribution in [2.75, 3.05) is 17.3 Å². The fourth-order valence-corrected chi connectivity index (χ4v) is 3.21. The number of unbranched alkanes of at least 4 members (excludes halogenated alkanes) is 2. The van der Waals surface area contributed by atoms with Crippen molar-refractivity contribution in [3.8, 4) is 0 Å². The normalized spacial score (nSPS) is 12.3. The van der Waals surface area contributed by atoms with Crippen molar-refractivity contribution in [2.45, 2.75) is 52.3 Å². The van der Waals surface area contributed by atoms with Crippen LogP contribution >= 0.6 is 11.6 Å². The minimum Gasteiger partial charge on any atom is -0.374 e. The van der Waals surface area contributed by atoms with E-state index in [1.54, 1.807) is 11.2 Å². The van der Waals surface area contributed by atoms with E-state index in [-0.39, 0.29) is 0 Å². The number of nitrogens with zero attached hydrogens (tertiary/aromatic N) is 5. The summed E-state index contributed by atoms with van der Waals surface area (Å²) in [6.07, 6.45) is 4.96. The number of imidazole rings is 1. The fraction of sp³-hybridized carbons (Fsp3) is 0.450. The van der Waals surface area contributed by atoms with E-state index in [1.807, 2.05) is 42.8 Å². The van der Waals surface area contributed by atoms with Gasteiger partial charge in [-0.1, -0.05) is 37.4 Å². The summed E-state index contributed by atoms with van der Waals surface area (Å²) < 4.78 is 1.96. The summed E-state index contributed by atoms with van der Waals surface area (Å²) in [4.78, 5) is 15.5. The molecule has 0 aliphatic rings. The van der Waals surface area contributed by atoms with Crippen LogP contribution in [0.15, 0.2) is 30.6 Å². The van der Waals surface area contributed by atoms with E-state index in [4.69, 9.17) is 11.6 Å². The van der Waals surface area contributed by atoms with Gasteiger partial charge in [-0.05, 0) is 38.0 Å². The fourth-order valence-electron chi connectivity index (χ4n) is 3.02. The molecule has 0 saturated carbocycles. The van der Waals surface area contributed by atoms with Gasteiger partial charge in [0.25, 0.3) is 0 Å². The lowest BCUT2D eigenvalue weighted by Crippen LogP contribution is -2.33. The highest BCUT2D eigenvalue weighted by molar-refractivity contribution is 6.30. The molecule has 0 aliphatic carbocycles. The van der Waals surface area contributed by atoms with Gasteiger partial charge in [0.2, 0.25) is 5.95 Å². The Balaban J connectivity index is 1.96. The van der Waals surface area contributed by atoms with Crippen LogP contribution in [0, 0.1) is 0 Å². The van der Waals surface area contributed by atoms with Gasteiger partial charge in [-0.25, -0.2) is 4.98 Å². The van der Waals surface area contributed by atoms with Crippen molar-refractivity contribution < 1.29 is 5.11 Å². The second-order valence-corrected chi connectivity index (χ2v) is 7.23. The SMILES string of the molecule is CCCCCC(O)N(C)c1nc(Nc2cccc(Cl)c2)c2ncn(CC)c2n1. The maximum atomic E-state index is 10.5. The molecule has 7 nitrogen and oxygen atoms in total. The van der Waals surface area contributed by atoms with Crippen LogP contribution < -0.4 is 10.2 Å². The predicted molar refractivity (Wildman–Crippen MR) is 114 cm³/mol. The number of aliphatic hydroxyl groups is 1. The first-order valence-electron chi connectivity index (χ1n) is 9.69. The van der Waals surface area contributed by atoms with Crippen molar-refractivity contribution >= 4 is 40.2 Å². The standard InChI is InChI=1S/C20H27ClN6O/c1-4-6-7-11-16(28)26(3)20-24-18(23-15-10-8-9-14(21)12-15)17-19(25-20)27(5-2)13-22-17/h8-10,12-13,16,28H,4-7,11H2,1-3H3,(H,23,24,25). The quantitative estimate of drug-likeness (QED) is 0.403. The summed E-state index contributed by atoms with van der Waals surface area (Å²) in [6.45, 7) is 4.93. The molecular formula is C20H27ClN6O. The highest BCUT2D eigenvalue weighted by atomic mass is 35.5. The third kappa shape index (κ3) is 4.54. The number of aliphatic hydroxyl groups excluding tert-OH is 1. The van der Waals surface area contributed by atoms with Gasteiger partial charge in [0, 0.05) is 24.3 Å². The third-order valence-corrected chi connectivity index (χ3v) is 4.94. The van der Waals surface area contributed by atoms with E-state index >= 15 is 0 Å². The number of fused-ring (bicyclic) bond motifs is 1. The van der Waals surface area contributed by atoms with E-state index in [0.717, 1.165) is 37.1 Å². The molecule has 2 N–H and O–H groups in total. The monoisotopic (exact) mass is 402 g/mol. The first kappa shape index (κ1) is 20.4. The number of rotatable bonds is 9. The first-order chi connectivity index (χ1) is 13.5. The molecule has 0 amide bonds. The van der Waals surface area contributed by atoms with Crippen LogP contribution in [-0.2, 0) is 6.54 Å². The van der Waals surface area contributed by atoms with E-state index in [1.165, 1.54) is 0 Å². The summed E-state index contributed by atoms with van der Waals surface area (Å²) in [5.74, 6) is 1.04. The van der Waals surface area contributed by atoms with Crippen LogP contribution in [0.2, 0.25) is 5.02 Å². The van der Waals surface area contributed by atoms with E-state index in [0.29, 0.717) is 28.7 Å². The number of halogens is 1. The number of hydrogen-bond donors (Lipinski definition) is 2. The zero-order chi connectivity index (χ0) is 20.1. The molecule has 0 aliphatic heterocycles. The summed E-state index contributed by atoms with van der Waals surface area (Å²) in [5, 5.41) is 14.5. The van der Waals surface area contributed by atoms with E-state index < -0.39 is 6.23 Å². The zero-order valence-electron chi connectivity index (χ0n) is 16.6. The second kappa shape index (κ2) is 9.21. The molecule has 2 heterocycles. The average molecular weight is 403 g/mol. The molecule has 3 aromatic rings. The summed E-state index contributed by atoms with van der Waals surface area (Å²) >= 11 is 6.11. The van der Waals surface area contributed by atoms with Crippen molar-refractivity contribution in [1.82, 2.24) is 19.5 Å². The number of benzene rings is 1. The molecule has 150 valence electrons. The second-order valence-electron chi connectivity index (χ2n) is 6.80. The molecule has 28 heavy (non-hydrogen) atoms. The molecule has 0 radical (unpaired) electrons. The van der Waals surface area contributed by atoms with Crippen LogP contribution in [0.3, 0.4) is 0 Å². The van der Waals surface area contributed by atoms with E-state index in [9.17, 15) is 5.11 Å². The molecule has 8 heteroatoms. The maximum Gasteiger partial charge on any atom is 0.231 e. The minimum atomic E-state index is -0.638. The summed E-state index contributed by atoms with van der Waals surface area (Å²) in [6, 6.07) is 7.44. The molecule has 0 bridgehead atoms. The molecule has 1 atom stereocenters. The van der Waals surface area contributed by atoms with Crippen molar-refractivity contribution in [3.05, 3.63) is 35.6 Å². The van der Waals surface area contributed by atoms with Gasteiger partial charge >= 0.3 is 0 Å². The smallest absolute Gasteiger partial charge is 0.231 e. The average Bonchev–Trinajstić information content (AvgIpc) is 3.11. The highest BCUT2D eigenvalue weighted by Crippen LogP contribution is 2.27. The lowest BCUT2D eigenvalue weighted by molar-refractivity contribution is 0.159. The number of hydrogen-bond acceptors (Lipinski definition) is 6. The van der Waals surface area contributed by atoms with Gasteiger partial charge < -0.3 is 19.9 Å². The van der Waals surface area contributed by atoms with Gasteiger partial charge in [-0.15, -0.1) is 0 Å². The topological polar surface area (TPSA) is 79.1 Å². The van der Waals surface area contributed by atoms with Crippen molar-refractivity contribution in [2.24, 2.45) is 0 Å². The van der Waals surface area contributed by atoms with Crippen LogP contribution in [-0.4, -0.2) is 37.9 Å². The number of aromatic nitrogens is 4. The van der Waals surface area contributed by atoms with Gasteiger partial charge in [0.1, 0.15) is 6.23 Å². The lowest BCUT2D eigenvalue weighted by Gasteiger charge is -2.24. The van der Waals surface area contributed by atoms with Gasteiger partial charge in [-0.3, -0.25) is 0 Å². The van der Waals surface area contributed by atoms with Crippen LogP contribution in [0.1, 0.15) is 39.5 Å². The van der Waals surface area contributed by atoms with Crippen LogP contribution in [0.5, 0.6) is 0 Å². The molecule has 2 aromatic heterocycles. The van der Waals surface area contributed by atoms with Gasteiger partial charge in [0.05, 0.1) is 6.33 Å². The Bertz CT molecular complexity index is 928. The van der Waals surface area contributed by atoms with Crippen molar-refractivity contribution in [3.63, 3.8) is 0 Å². The van der Waals surface area contributed by atoms with Gasteiger partial charge in [0.15, 0.2) is 17.0 Å². The number of anilines is 3. The third-order valence-electron chi connectivity index (χ3n) is 4.71. The Kier molecular flexibility index (Phi) is 6.70. The molecule has 0 fully saturated rings. The molecule has 1 unspecified atom stereocenters. The largest absolute Gasteiger partial charge is 0.374 e. The Labute approximate surface area is 170 Å². The number of aryl methyl sites for hydroxylation is 1. The molecule has 3 rings (SSSR count). The Morgan fingerprint density at radius 1 is 1.25 bits per heavy atom. The minimum absolute atomic E-state index is 0.455. The molecular weight excluding hydrogens is 376 g/mol. The van der Waals surface area contributed by atoms with E-state index in [2.05, 4.69) is 27.2 Å². The zero-order valence-corrected chi connectivity index (χ0v) is 17.3. The Morgan fingerprint density at radius 3 is 2.79 bits per heavy atom. The lowest BCUT2D eigenvalue weighted by atomic mass is 10.2. The maximum absolute atomic E-state index is 10.5. The molecule has 0 saturated heterocycles. The molecule has 1 aromatic carbocycles. The van der Waals surface area contributed by atoms with Gasteiger partial charge in [-0.2, -0.15) is 9.97 Å². The number of nitrogens with one attached hydrogen (secondary N) is 1. The van der Waals surface area contributed by atoms with Crippen LogP contribution in [0.4, 0.5) is 17.5 Å². The summed E-state index contributed by atoms with van der Waals surface area (Å²) in [5.41, 5.74) is 2.22. The first-order valence-corrected chi connectivity index (χ1v) is 10.1. The highest BCUT2D eigenvalue weighted by Gasteiger charge is 2.19. The van der Waals surface area contributed by atoms with Crippen LogP contribution in [0.25, 0.3) is 11.2 Å². The Hall–Kier alpha value is -2.38. The summed E-state index contributed by atoms with van der Waals surface area (Å²) in [7, 11) is 1.81. The molecule has 0 spiro atoms. The Morgan fingerprint density at radius 2 is 2.07 bits per heavy atom. The van der Waals surface area contributed by atoms with Crippen molar-refractivity contribution in [1.29, 1.82) is 0 Å². The predicted octanol–water partition coefficient (Wildman–Crippen LogP) is 4.58.